The van der Waals surface area contributed by atoms with Gasteiger partial charge in [-0.05, 0) is 32.3 Å². The fourth-order valence-corrected chi connectivity index (χ4v) is 2.46. The Morgan fingerprint density at radius 1 is 1.23 bits per heavy atom. The number of hydrogen-bond acceptors (Lipinski definition) is 3. The molecule has 2 amide bonds. The SMILES string of the molecule is CCC(Cc1ccc(C)cc1)N(CC)C(=O)CNC(=O)CN. The van der Waals surface area contributed by atoms with E-state index in [-0.39, 0.29) is 30.9 Å². The van der Waals surface area contributed by atoms with E-state index < -0.39 is 0 Å². The number of aryl methyl sites for hydroxylation is 1. The van der Waals surface area contributed by atoms with Crippen molar-refractivity contribution in [3.63, 3.8) is 0 Å². The van der Waals surface area contributed by atoms with Gasteiger partial charge in [-0.2, -0.15) is 0 Å². The highest BCUT2D eigenvalue weighted by Crippen LogP contribution is 2.13. The lowest BCUT2D eigenvalue weighted by Crippen LogP contribution is -2.47. The normalized spacial score (nSPS) is 11.8. The highest BCUT2D eigenvalue weighted by molar-refractivity contribution is 5.85. The molecule has 3 N–H and O–H groups in total. The van der Waals surface area contributed by atoms with Crippen molar-refractivity contribution in [2.75, 3.05) is 19.6 Å². The third-order valence-electron chi connectivity index (χ3n) is 3.79. The Morgan fingerprint density at radius 3 is 2.36 bits per heavy atom. The van der Waals surface area contributed by atoms with Crippen molar-refractivity contribution < 1.29 is 9.59 Å². The molecule has 0 heterocycles. The van der Waals surface area contributed by atoms with Crippen molar-refractivity contribution in [1.82, 2.24) is 10.2 Å². The van der Waals surface area contributed by atoms with Crippen molar-refractivity contribution in [1.29, 1.82) is 0 Å². The molecule has 0 spiro atoms. The van der Waals surface area contributed by atoms with Gasteiger partial charge in [0.1, 0.15) is 0 Å². The first-order chi connectivity index (χ1) is 10.5. The molecule has 0 aliphatic carbocycles. The Bertz CT molecular complexity index is 485. The second-order valence-electron chi connectivity index (χ2n) is 5.41. The van der Waals surface area contributed by atoms with Crippen LogP contribution in [0.25, 0.3) is 0 Å². The Morgan fingerprint density at radius 2 is 1.86 bits per heavy atom. The smallest absolute Gasteiger partial charge is 0.242 e. The molecule has 0 aliphatic heterocycles. The molecule has 1 aromatic rings. The van der Waals surface area contributed by atoms with Crippen LogP contribution in [0, 0.1) is 6.92 Å². The Kier molecular flexibility index (Phi) is 7.60. The summed E-state index contributed by atoms with van der Waals surface area (Å²) in [6.45, 7) is 6.63. The average Bonchev–Trinajstić information content (AvgIpc) is 2.54. The first kappa shape index (κ1) is 18.2. The predicted molar refractivity (Wildman–Crippen MR) is 88.4 cm³/mol. The van der Waals surface area contributed by atoms with Crippen LogP contribution in [0.2, 0.25) is 0 Å². The van der Waals surface area contributed by atoms with Crippen LogP contribution in [0.5, 0.6) is 0 Å². The summed E-state index contributed by atoms with van der Waals surface area (Å²) in [4.78, 5) is 25.3. The van der Waals surface area contributed by atoms with Crippen LogP contribution in [0.4, 0.5) is 0 Å². The first-order valence-electron chi connectivity index (χ1n) is 7.83. The molecule has 1 aromatic carbocycles. The van der Waals surface area contributed by atoms with E-state index >= 15 is 0 Å². The van der Waals surface area contributed by atoms with Crippen LogP contribution in [0.3, 0.4) is 0 Å². The zero-order chi connectivity index (χ0) is 16.5. The fourth-order valence-electron chi connectivity index (χ4n) is 2.46. The van der Waals surface area contributed by atoms with Gasteiger partial charge in [-0.15, -0.1) is 0 Å². The van der Waals surface area contributed by atoms with Gasteiger partial charge >= 0.3 is 0 Å². The number of amides is 2. The van der Waals surface area contributed by atoms with E-state index in [2.05, 4.69) is 43.4 Å². The number of rotatable bonds is 8. The van der Waals surface area contributed by atoms with E-state index in [9.17, 15) is 9.59 Å². The summed E-state index contributed by atoms with van der Waals surface area (Å²) in [6.07, 6.45) is 1.69. The van der Waals surface area contributed by atoms with Crippen LogP contribution >= 0.6 is 0 Å². The molecule has 1 unspecified atom stereocenters. The van der Waals surface area contributed by atoms with Gasteiger partial charge in [0.15, 0.2) is 0 Å². The maximum absolute atomic E-state index is 12.3. The Labute approximate surface area is 132 Å². The van der Waals surface area contributed by atoms with Crippen molar-refractivity contribution >= 4 is 11.8 Å². The third-order valence-corrected chi connectivity index (χ3v) is 3.79. The molecular weight excluding hydrogens is 278 g/mol. The molecule has 5 nitrogen and oxygen atoms in total. The van der Waals surface area contributed by atoms with Crippen LogP contribution < -0.4 is 11.1 Å². The minimum absolute atomic E-state index is 0.00821. The quantitative estimate of drug-likeness (QED) is 0.759. The van der Waals surface area contributed by atoms with Crippen molar-refractivity contribution in [3.8, 4) is 0 Å². The monoisotopic (exact) mass is 305 g/mol. The average molecular weight is 305 g/mol. The van der Waals surface area contributed by atoms with Gasteiger partial charge in [0.25, 0.3) is 0 Å². The zero-order valence-electron chi connectivity index (χ0n) is 13.8. The number of carbonyl (C=O) groups is 2. The molecular formula is C17H27N3O2. The molecule has 0 fully saturated rings. The van der Waals surface area contributed by atoms with Crippen LogP contribution in [-0.4, -0.2) is 42.4 Å². The molecule has 1 atom stereocenters. The second kappa shape index (κ2) is 9.20. The lowest BCUT2D eigenvalue weighted by atomic mass is 10.0. The predicted octanol–water partition coefficient (Wildman–Crippen LogP) is 1.24. The maximum Gasteiger partial charge on any atom is 0.242 e. The number of likely N-dealkylation sites (N-methyl/N-ethyl adjacent to an activating group) is 1. The summed E-state index contributed by atoms with van der Waals surface area (Å²) in [6, 6.07) is 8.51. The first-order valence-corrected chi connectivity index (χ1v) is 7.83. The van der Waals surface area contributed by atoms with Crippen LogP contribution in [-0.2, 0) is 16.0 Å². The van der Waals surface area contributed by atoms with E-state index in [1.165, 1.54) is 11.1 Å². The topological polar surface area (TPSA) is 75.4 Å². The van der Waals surface area contributed by atoms with Gasteiger partial charge < -0.3 is 16.0 Å². The van der Waals surface area contributed by atoms with Crippen LogP contribution in [0.1, 0.15) is 31.4 Å². The lowest BCUT2D eigenvalue weighted by molar-refractivity contribution is -0.134. The van der Waals surface area contributed by atoms with E-state index in [4.69, 9.17) is 5.73 Å². The molecule has 22 heavy (non-hydrogen) atoms. The van der Waals surface area contributed by atoms with Crippen molar-refractivity contribution in [2.45, 2.75) is 39.7 Å². The summed E-state index contributed by atoms with van der Waals surface area (Å²) in [7, 11) is 0. The highest BCUT2D eigenvalue weighted by Gasteiger charge is 2.21. The summed E-state index contributed by atoms with van der Waals surface area (Å²) in [5, 5.41) is 2.54. The van der Waals surface area contributed by atoms with Gasteiger partial charge in [0.2, 0.25) is 11.8 Å². The molecule has 0 saturated carbocycles. The van der Waals surface area contributed by atoms with Gasteiger partial charge in [-0.3, -0.25) is 9.59 Å². The third kappa shape index (κ3) is 5.48. The summed E-state index contributed by atoms with van der Waals surface area (Å²) in [5.74, 6) is -0.376. The Hall–Kier alpha value is -1.88. The molecule has 0 aliphatic rings. The number of nitrogens with two attached hydrogens (primary N) is 1. The fraction of sp³-hybridized carbons (Fsp3) is 0.529. The number of nitrogens with one attached hydrogen (secondary N) is 1. The largest absolute Gasteiger partial charge is 0.346 e. The summed E-state index contributed by atoms with van der Waals surface area (Å²) in [5.41, 5.74) is 7.67. The van der Waals surface area contributed by atoms with Gasteiger partial charge in [-0.25, -0.2) is 0 Å². The van der Waals surface area contributed by atoms with E-state index in [1.54, 1.807) is 0 Å². The van der Waals surface area contributed by atoms with E-state index in [0.29, 0.717) is 6.54 Å². The molecule has 0 radical (unpaired) electrons. The number of carbonyl (C=O) groups excluding carboxylic acids is 2. The van der Waals surface area contributed by atoms with E-state index in [1.807, 2.05) is 11.8 Å². The van der Waals surface area contributed by atoms with E-state index in [0.717, 1.165) is 12.8 Å². The molecule has 122 valence electrons. The Balaban J connectivity index is 2.69. The standard InChI is InChI=1S/C17H27N3O2/c1-4-15(10-14-8-6-13(3)7-9-14)20(5-2)17(22)12-19-16(21)11-18/h6-9,15H,4-5,10-12,18H2,1-3H3,(H,19,21). The number of hydrogen-bond donors (Lipinski definition) is 2. The minimum Gasteiger partial charge on any atom is -0.346 e. The minimum atomic E-state index is -0.309. The second-order valence-corrected chi connectivity index (χ2v) is 5.41. The van der Waals surface area contributed by atoms with Crippen LogP contribution in [0.15, 0.2) is 24.3 Å². The van der Waals surface area contributed by atoms with Crippen molar-refractivity contribution in [3.05, 3.63) is 35.4 Å². The molecule has 0 bridgehead atoms. The van der Waals surface area contributed by atoms with Crippen molar-refractivity contribution in [2.24, 2.45) is 5.73 Å². The molecule has 0 saturated heterocycles. The molecule has 1 rings (SSSR count). The van der Waals surface area contributed by atoms with Gasteiger partial charge in [0, 0.05) is 12.6 Å². The lowest BCUT2D eigenvalue weighted by Gasteiger charge is -2.30. The molecule has 5 heteroatoms. The summed E-state index contributed by atoms with van der Waals surface area (Å²) >= 11 is 0. The maximum atomic E-state index is 12.3. The number of nitrogens with zero attached hydrogens (tertiary/aromatic N) is 1. The summed E-state index contributed by atoms with van der Waals surface area (Å²) < 4.78 is 0. The molecule has 0 aromatic heterocycles. The highest BCUT2D eigenvalue weighted by atomic mass is 16.2. The van der Waals surface area contributed by atoms with Gasteiger partial charge in [-0.1, -0.05) is 36.8 Å². The number of benzene rings is 1. The van der Waals surface area contributed by atoms with Gasteiger partial charge in [0.05, 0.1) is 13.1 Å². The zero-order valence-corrected chi connectivity index (χ0v) is 13.8.